The quantitative estimate of drug-likeness (QED) is 0.166. The molecule has 204 valence electrons. The number of aryl methyl sites for hydroxylation is 1. The van der Waals surface area contributed by atoms with Gasteiger partial charge in [-0.1, -0.05) is 149 Å². The third-order valence-corrected chi connectivity index (χ3v) is 10.1. The van der Waals surface area contributed by atoms with Crippen LogP contribution in [0.5, 0.6) is 0 Å². The lowest BCUT2D eigenvalue weighted by molar-refractivity contribution is 0.766. The molecule has 0 saturated carbocycles. The molecule has 0 bridgehead atoms. The Hall–Kier alpha value is -2.76. The minimum Gasteiger partial charge on any atom is -0.0622 e. The molecular formula is C38H24Br4. The van der Waals surface area contributed by atoms with Gasteiger partial charge in [-0.15, -0.1) is 0 Å². The maximum absolute atomic E-state index is 3.83. The van der Waals surface area contributed by atoms with Gasteiger partial charge in [0, 0.05) is 17.9 Å². The third-order valence-electron chi connectivity index (χ3n) is 8.29. The summed E-state index contributed by atoms with van der Waals surface area (Å²) in [7, 11) is 0. The Morgan fingerprint density at radius 1 is 0.429 bits per heavy atom. The van der Waals surface area contributed by atoms with Gasteiger partial charge in [-0.3, -0.25) is 0 Å². The van der Waals surface area contributed by atoms with Crippen LogP contribution in [0.4, 0.5) is 0 Å². The summed E-state index contributed by atoms with van der Waals surface area (Å²) in [5.74, 6) is 0. The highest BCUT2D eigenvalue weighted by Crippen LogP contribution is 2.60. The van der Waals surface area contributed by atoms with Crippen LogP contribution < -0.4 is 0 Å². The minimum absolute atomic E-state index is 0.577. The van der Waals surface area contributed by atoms with E-state index in [9.17, 15) is 0 Å². The van der Waals surface area contributed by atoms with Crippen molar-refractivity contribution in [3.05, 3.63) is 173 Å². The highest BCUT2D eigenvalue weighted by molar-refractivity contribution is 9.11. The van der Waals surface area contributed by atoms with Gasteiger partial charge in [-0.2, -0.15) is 0 Å². The molecule has 0 radical (unpaired) electrons. The van der Waals surface area contributed by atoms with Crippen LogP contribution in [0.2, 0.25) is 0 Å². The Balaban J connectivity index is 1.68. The van der Waals surface area contributed by atoms with E-state index in [4.69, 9.17) is 0 Å². The van der Waals surface area contributed by atoms with Crippen LogP contribution in [0.3, 0.4) is 0 Å². The fourth-order valence-corrected chi connectivity index (χ4v) is 9.20. The van der Waals surface area contributed by atoms with E-state index in [1.54, 1.807) is 0 Å². The Morgan fingerprint density at radius 2 is 1.00 bits per heavy atom. The van der Waals surface area contributed by atoms with E-state index in [1.807, 2.05) is 0 Å². The molecule has 0 heterocycles. The number of hydrogen-bond donors (Lipinski definition) is 0. The molecule has 0 saturated heterocycles. The van der Waals surface area contributed by atoms with Gasteiger partial charge in [0.25, 0.3) is 0 Å². The lowest BCUT2D eigenvalue weighted by atomic mass is 9.67. The van der Waals surface area contributed by atoms with Crippen LogP contribution in [0.1, 0.15) is 27.8 Å². The van der Waals surface area contributed by atoms with E-state index < -0.39 is 5.41 Å². The summed E-state index contributed by atoms with van der Waals surface area (Å²) in [5.41, 5.74) is 13.1. The summed E-state index contributed by atoms with van der Waals surface area (Å²) in [6.45, 7) is 2.20. The highest BCUT2D eigenvalue weighted by atomic mass is 79.9. The molecule has 6 aromatic rings. The maximum atomic E-state index is 3.83. The van der Waals surface area contributed by atoms with Crippen molar-refractivity contribution in [3.63, 3.8) is 0 Å². The van der Waals surface area contributed by atoms with Crippen molar-refractivity contribution in [1.29, 1.82) is 0 Å². The van der Waals surface area contributed by atoms with Crippen molar-refractivity contribution in [3.8, 4) is 33.4 Å². The first-order valence-corrected chi connectivity index (χ1v) is 16.9. The zero-order valence-electron chi connectivity index (χ0n) is 22.6. The third kappa shape index (κ3) is 4.59. The molecule has 0 atom stereocenters. The molecule has 0 unspecified atom stereocenters. The molecule has 0 nitrogen and oxygen atoms in total. The summed E-state index contributed by atoms with van der Waals surface area (Å²) in [5, 5.41) is 0. The molecule has 1 aliphatic carbocycles. The van der Waals surface area contributed by atoms with E-state index >= 15 is 0 Å². The summed E-state index contributed by atoms with van der Waals surface area (Å²) in [6.07, 6.45) is 0. The molecule has 6 aromatic carbocycles. The molecule has 0 spiro atoms. The topological polar surface area (TPSA) is 0 Å². The average molecular weight is 800 g/mol. The summed E-state index contributed by atoms with van der Waals surface area (Å²) >= 11 is 15.3. The van der Waals surface area contributed by atoms with Crippen molar-refractivity contribution in [1.82, 2.24) is 0 Å². The number of fused-ring (bicyclic) bond motifs is 3. The molecular weight excluding hydrogens is 776 g/mol. The fourth-order valence-electron chi connectivity index (χ4n) is 6.61. The van der Waals surface area contributed by atoms with Gasteiger partial charge in [0.05, 0.1) is 5.41 Å². The summed E-state index contributed by atoms with van der Waals surface area (Å²) < 4.78 is 4.13. The lowest BCUT2D eigenvalue weighted by Crippen LogP contribution is -2.29. The predicted octanol–water partition coefficient (Wildman–Crippen LogP) is 12.7. The molecule has 4 heteroatoms. The van der Waals surface area contributed by atoms with Crippen LogP contribution in [-0.2, 0) is 5.41 Å². The van der Waals surface area contributed by atoms with Crippen molar-refractivity contribution >= 4 is 63.7 Å². The number of hydrogen-bond acceptors (Lipinski definition) is 0. The van der Waals surface area contributed by atoms with Crippen LogP contribution in [0, 0.1) is 6.92 Å². The summed E-state index contributed by atoms with van der Waals surface area (Å²) in [6, 6.07) is 46.5. The standard InChI is InChI=1S/C38H24Br4/c1-23-8-5-6-11-32(23)33-12-7-13-35-37(33)34-15-14-25(24-9-3-2-4-10-24)16-36(34)38(35,26-17-28(39)21-29(40)18-26)27-19-30(41)22-31(42)20-27/h2-22H,1H3. The van der Waals surface area contributed by atoms with Crippen LogP contribution in [0.15, 0.2) is 145 Å². The number of benzene rings is 6. The van der Waals surface area contributed by atoms with Crippen molar-refractivity contribution in [2.24, 2.45) is 0 Å². The van der Waals surface area contributed by atoms with E-state index in [1.165, 1.54) is 61.2 Å². The second kappa shape index (κ2) is 11.1. The van der Waals surface area contributed by atoms with E-state index in [-0.39, 0.29) is 0 Å². The van der Waals surface area contributed by atoms with Gasteiger partial charge in [0.2, 0.25) is 0 Å². The van der Waals surface area contributed by atoms with Gasteiger partial charge < -0.3 is 0 Å². The normalized spacial score (nSPS) is 13.1. The largest absolute Gasteiger partial charge is 0.0715 e. The minimum atomic E-state index is -0.577. The van der Waals surface area contributed by atoms with E-state index in [0.29, 0.717) is 0 Å². The molecule has 0 N–H and O–H groups in total. The monoisotopic (exact) mass is 796 g/mol. The van der Waals surface area contributed by atoms with Crippen LogP contribution >= 0.6 is 63.7 Å². The molecule has 0 amide bonds. The van der Waals surface area contributed by atoms with Gasteiger partial charge >= 0.3 is 0 Å². The predicted molar refractivity (Wildman–Crippen MR) is 190 cm³/mol. The van der Waals surface area contributed by atoms with E-state index in [0.717, 1.165) is 17.9 Å². The SMILES string of the molecule is Cc1ccccc1-c1cccc2c1-c1ccc(-c3ccccc3)cc1C2(c1cc(Br)cc(Br)c1)c1cc(Br)cc(Br)c1. The van der Waals surface area contributed by atoms with Crippen LogP contribution in [-0.4, -0.2) is 0 Å². The first-order valence-electron chi connectivity index (χ1n) is 13.7. The van der Waals surface area contributed by atoms with Crippen molar-refractivity contribution in [2.75, 3.05) is 0 Å². The summed E-state index contributed by atoms with van der Waals surface area (Å²) in [4.78, 5) is 0. The molecule has 0 aromatic heterocycles. The van der Waals surface area contributed by atoms with Crippen molar-refractivity contribution < 1.29 is 0 Å². The zero-order chi connectivity index (χ0) is 29.0. The fraction of sp³-hybridized carbons (Fsp3) is 0.0526. The van der Waals surface area contributed by atoms with Crippen molar-refractivity contribution in [2.45, 2.75) is 12.3 Å². The molecule has 7 rings (SSSR count). The van der Waals surface area contributed by atoms with E-state index in [2.05, 4.69) is 198 Å². The zero-order valence-corrected chi connectivity index (χ0v) is 29.0. The highest BCUT2D eigenvalue weighted by Gasteiger charge is 2.47. The Morgan fingerprint density at radius 3 is 1.62 bits per heavy atom. The Bertz CT molecular complexity index is 1900. The van der Waals surface area contributed by atoms with Gasteiger partial charge in [-0.25, -0.2) is 0 Å². The van der Waals surface area contributed by atoms with Gasteiger partial charge in [-0.05, 0) is 111 Å². The molecule has 42 heavy (non-hydrogen) atoms. The second-order valence-corrected chi connectivity index (χ2v) is 14.4. The average Bonchev–Trinajstić information content (AvgIpc) is 3.28. The maximum Gasteiger partial charge on any atom is 0.0715 e. The Labute approximate surface area is 280 Å². The van der Waals surface area contributed by atoms with Gasteiger partial charge in [0.15, 0.2) is 0 Å². The molecule has 1 aliphatic rings. The number of halogens is 4. The molecule has 0 aliphatic heterocycles. The number of rotatable bonds is 4. The lowest BCUT2D eigenvalue weighted by Gasteiger charge is -2.35. The van der Waals surface area contributed by atoms with Crippen LogP contribution in [0.25, 0.3) is 33.4 Å². The smallest absolute Gasteiger partial charge is 0.0622 e. The van der Waals surface area contributed by atoms with Gasteiger partial charge in [0.1, 0.15) is 0 Å². The second-order valence-electron chi connectivity index (χ2n) is 10.7. The Kier molecular flexibility index (Phi) is 7.38. The molecule has 0 fully saturated rings. The first-order chi connectivity index (χ1) is 20.4. The first kappa shape index (κ1) is 28.0.